The molecule has 0 rings (SSSR count). The predicted octanol–water partition coefficient (Wildman–Crippen LogP) is 8.16. The van der Waals surface area contributed by atoms with Gasteiger partial charge in [-0.1, -0.05) is 123 Å². The molecule has 2 atom stereocenters. The molecule has 0 N–H and O–H groups in total. The number of carbonyl (C=O) groups excluding carboxylic acids is 1. The van der Waals surface area contributed by atoms with Crippen LogP contribution in [0.5, 0.6) is 0 Å². The lowest BCUT2D eigenvalue weighted by Crippen LogP contribution is -2.24. The summed E-state index contributed by atoms with van der Waals surface area (Å²) >= 11 is 0. The standard InChI is InChI=1S/C24H49O3P/c1-3-5-7-9-10-11-12-13-14-15-16-17-18-20-22-26-24(25)23(27-28)21-19-8-6-4-2/h23H,3-22,28H2,1-2H3. The Bertz CT molecular complexity index is 323. The largest absolute Gasteiger partial charge is 0.464 e. The van der Waals surface area contributed by atoms with Crippen LogP contribution in [0.2, 0.25) is 0 Å². The number of esters is 1. The minimum Gasteiger partial charge on any atom is -0.464 e. The number of rotatable bonds is 22. The summed E-state index contributed by atoms with van der Waals surface area (Å²) < 4.78 is 10.6. The molecule has 0 aromatic carbocycles. The molecule has 4 heteroatoms. The Hall–Kier alpha value is -0.140. The summed E-state index contributed by atoms with van der Waals surface area (Å²) in [5.41, 5.74) is 0. The van der Waals surface area contributed by atoms with Crippen molar-refractivity contribution in [2.45, 2.75) is 142 Å². The average molecular weight is 417 g/mol. The first kappa shape index (κ1) is 27.9. The Morgan fingerprint density at radius 2 is 1.04 bits per heavy atom. The molecule has 0 amide bonds. The van der Waals surface area contributed by atoms with Gasteiger partial charge in [0.1, 0.15) is 0 Å². The zero-order valence-electron chi connectivity index (χ0n) is 19.0. The number of unbranched alkanes of at least 4 members (excludes halogenated alkanes) is 16. The van der Waals surface area contributed by atoms with E-state index in [1.807, 2.05) is 0 Å². The molecule has 0 saturated carbocycles. The van der Waals surface area contributed by atoms with E-state index in [-0.39, 0.29) is 5.97 Å². The highest BCUT2D eigenvalue weighted by Crippen LogP contribution is 2.14. The lowest BCUT2D eigenvalue weighted by Gasteiger charge is -2.14. The molecule has 168 valence electrons. The van der Waals surface area contributed by atoms with Gasteiger partial charge in [0.25, 0.3) is 0 Å². The van der Waals surface area contributed by atoms with Crippen LogP contribution >= 0.6 is 9.47 Å². The maximum Gasteiger partial charge on any atom is 0.335 e. The van der Waals surface area contributed by atoms with E-state index in [1.165, 1.54) is 89.9 Å². The van der Waals surface area contributed by atoms with E-state index in [4.69, 9.17) is 9.26 Å². The van der Waals surface area contributed by atoms with Gasteiger partial charge >= 0.3 is 5.97 Å². The first-order valence-corrected chi connectivity index (χ1v) is 12.8. The summed E-state index contributed by atoms with van der Waals surface area (Å²) in [6, 6.07) is 0. The monoisotopic (exact) mass is 416 g/mol. The lowest BCUT2D eigenvalue weighted by atomic mass is 10.0. The molecular weight excluding hydrogens is 367 g/mol. The Balaban J connectivity index is 3.34. The lowest BCUT2D eigenvalue weighted by molar-refractivity contribution is -0.151. The molecule has 0 radical (unpaired) electrons. The second kappa shape index (κ2) is 23.1. The minimum atomic E-state index is -0.409. The van der Waals surface area contributed by atoms with Gasteiger partial charge in [0.2, 0.25) is 0 Å². The molecule has 0 bridgehead atoms. The van der Waals surface area contributed by atoms with Gasteiger partial charge in [-0.3, -0.25) is 0 Å². The fourth-order valence-corrected chi connectivity index (χ4v) is 3.81. The van der Waals surface area contributed by atoms with Crippen molar-refractivity contribution in [2.75, 3.05) is 6.61 Å². The van der Waals surface area contributed by atoms with Gasteiger partial charge in [-0.2, -0.15) is 0 Å². The summed E-state index contributed by atoms with van der Waals surface area (Å²) in [6.07, 6.45) is 23.7. The van der Waals surface area contributed by atoms with Crippen LogP contribution in [0, 0.1) is 0 Å². The van der Waals surface area contributed by atoms with Crippen molar-refractivity contribution in [1.82, 2.24) is 0 Å². The van der Waals surface area contributed by atoms with Gasteiger partial charge in [0, 0.05) is 9.47 Å². The minimum absolute atomic E-state index is 0.193. The molecule has 0 aliphatic rings. The molecule has 0 aliphatic heterocycles. The van der Waals surface area contributed by atoms with E-state index in [2.05, 4.69) is 23.3 Å². The third-order valence-electron chi connectivity index (χ3n) is 5.49. The number of hydrogen-bond donors (Lipinski definition) is 0. The van der Waals surface area contributed by atoms with Crippen molar-refractivity contribution in [2.24, 2.45) is 0 Å². The van der Waals surface area contributed by atoms with Gasteiger partial charge in [-0.15, -0.1) is 0 Å². The number of ether oxygens (including phenoxy) is 1. The summed E-state index contributed by atoms with van der Waals surface area (Å²) in [4.78, 5) is 12.0. The van der Waals surface area contributed by atoms with E-state index in [0.29, 0.717) is 6.61 Å². The second-order valence-corrected chi connectivity index (χ2v) is 8.51. The molecule has 3 nitrogen and oxygen atoms in total. The van der Waals surface area contributed by atoms with Crippen molar-refractivity contribution in [3.8, 4) is 0 Å². The van der Waals surface area contributed by atoms with Crippen LogP contribution in [0.4, 0.5) is 0 Å². The zero-order valence-corrected chi connectivity index (χ0v) is 20.2. The Morgan fingerprint density at radius 1 is 0.643 bits per heavy atom. The van der Waals surface area contributed by atoms with Gasteiger partial charge in [-0.05, 0) is 12.8 Å². The fraction of sp³-hybridized carbons (Fsp3) is 0.958. The first-order chi connectivity index (χ1) is 13.8. The molecule has 0 heterocycles. The van der Waals surface area contributed by atoms with Crippen molar-refractivity contribution >= 4 is 15.4 Å². The normalized spacial score (nSPS) is 12.2. The molecule has 0 fully saturated rings. The summed E-state index contributed by atoms with van der Waals surface area (Å²) in [5, 5.41) is 0. The summed E-state index contributed by atoms with van der Waals surface area (Å²) in [6.45, 7) is 5.00. The Kier molecular flexibility index (Phi) is 23.0. The van der Waals surface area contributed by atoms with Gasteiger partial charge in [0.15, 0.2) is 6.10 Å². The summed E-state index contributed by atoms with van der Waals surface area (Å²) in [7, 11) is 2.22. The Labute approximate surface area is 178 Å². The van der Waals surface area contributed by atoms with Crippen LogP contribution in [0.25, 0.3) is 0 Å². The highest BCUT2D eigenvalue weighted by atomic mass is 31.0. The highest BCUT2D eigenvalue weighted by molar-refractivity contribution is 7.09. The second-order valence-electron chi connectivity index (χ2n) is 8.24. The predicted molar refractivity (Wildman–Crippen MR) is 125 cm³/mol. The van der Waals surface area contributed by atoms with Gasteiger partial charge in [-0.25, -0.2) is 4.79 Å². The van der Waals surface area contributed by atoms with Crippen molar-refractivity contribution in [3.63, 3.8) is 0 Å². The van der Waals surface area contributed by atoms with Crippen LogP contribution in [-0.4, -0.2) is 18.7 Å². The van der Waals surface area contributed by atoms with E-state index in [9.17, 15) is 4.79 Å². The third kappa shape index (κ3) is 19.2. The molecule has 0 aliphatic carbocycles. The highest BCUT2D eigenvalue weighted by Gasteiger charge is 2.18. The number of hydrogen-bond acceptors (Lipinski definition) is 3. The Morgan fingerprint density at radius 3 is 1.46 bits per heavy atom. The van der Waals surface area contributed by atoms with E-state index < -0.39 is 6.10 Å². The smallest absolute Gasteiger partial charge is 0.335 e. The quantitative estimate of drug-likeness (QED) is 0.101. The van der Waals surface area contributed by atoms with Gasteiger partial charge in [0.05, 0.1) is 6.61 Å². The van der Waals surface area contributed by atoms with Gasteiger partial charge < -0.3 is 9.26 Å². The van der Waals surface area contributed by atoms with Crippen LogP contribution in [0.15, 0.2) is 0 Å². The van der Waals surface area contributed by atoms with E-state index >= 15 is 0 Å². The molecule has 2 unspecified atom stereocenters. The maximum absolute atomic E-state index is 12.0. The fourth-order valence-electron chi connectivity index (χ4n) is 3.56. The molecule has 0 aromatic rings. The van der Waals surface area contributed by atoms with E-state index in [0.717, 1.165) is 32.1 Å². The van der Waals surface area contributed by atoms with E-state index in [1.54, 1.807) is 0 Å². The van der Waals surface area contributed by atoms with Crippen LogP contribution in [-0.2, 0) is 14.1 Å². The van der Waals surface area contributed by atoms with Crippen molar-refractivity contribution in [3.05, 3.63) is 0 Å². The van der Waals surface area contributed by atoms with Crippen LogP contribution in [0.3, 0.4) is 0 Å². The molecular formula is C24H49O3P. The molecule has 0 spiro atoms. The first-order valence-electron chi connectivity index (χ1n) is 12.3. The van der Waals surface area contributed by atoms with Crippen LogP contribution in [0.1, 0.15) is 136 Å². The summed E-state index contributed by atoms with van der Waals surface area (Å²) in [5.74, 6) is -0.193. The third-order valence-corrected chi connectivity index (χ3v) is 5.82. The number of carbonyl (C=O) groups is 1. The van der Waals surface area contributed by atoms with Crippen LogP contribution < -0.4 is 0 Å². The average Bonchev–Trinajstić information content (AvgIpc) is 2.70. The van der Waals surface area contributed by atoms with Crippen molar-refractivity contribution in [1.29, 1.82) is 0 Å². The molecule has 0 saturated heterocycles. The zero-order chi connectivity index (χ0) is 20.7. The SMILES string of the molecule is CCCCCCCCCCCCCCCCOC(=O)C(CCCCCC)OP. The topological polar surface area (TPSA) is 35.5 Å². The maximum atomic E-state index is 12.0. The van der Waals surface area contributed by atoms with Crippen molar-refractivity contribution < 1.29 is 14.1 Å². The molecule has 0 aromatic heterocycles. The molecule has 28 heavy (non-hydrogen) atoms.